The topological polar surface area (TPSA) is 150 Å². The summed E-state index contributed by atoms with van der Waals surface area (Å²) in [6.07, 6.45) is -0.284. The normalized spacial score (nSPS) is 15.2. The molecule has 0 aliphatic carbocycles. The van der Waals surface area contributed by atoms with Crippen LogP contribution < -0.4 is 20.3 Å². The number of nitrogens with one attached hydrogen (secondary N) is 3. The van der Waals surface area contributed by atoms with Crippen LogP contribution in [0.1, 0.15) is 44.0 Å². The maximum Gasteiger partial charge on any atom is 0.418 e. The first-order valence-electron chi connectivity index (χ1n) is 20.0. The van der Waals surface area contributed by atoms with Gasteiger partial charge in [-0.2, -0.15) is 13.2 Å². The van der Waals surface area contributed by atoms with E-state index in [4.69, 9.17) is 4.74 Å². The van der Waals surface area contributed by atoms with Crippen molar-refractivity contribution in [3.8, 4) is 0 Å². The Hall–Kier alpha value is -5.95. The van der Waals surface area contributed by atoms with Crippen molar-refractivity contribution in [2.75, 3.05) is 60.7 Å². The third-order valence-electron chi connectivity index (χ3n) is 10.7. The molecule has 2 aliphatic rings. The molecule has 3 N–H and O–H groups in total. The van der Waals surface area contributed by atoms with Gasteiger partial charge in [-0.15, -0.1) is 11.8 Å². The molecule has 62 heavy (non-hydrogen) atoms. The number of pyridine rings is 2. The van der Waals surface area contributed by atoms with Crippen molar-refractivity contribution >= 4 is 56.6 Å². The summed E-state index contributed by atoms with van der Waals surface area (Å²) in [7, 11) is -4.79. The molecule has 1 fully saturated rings. The number of fused-ring (bicyclic) bond motifs is 2. The zero-order valence-corrected chi connectivity index (χ0v) is 35.0. The van der Waals surface area contributed by atoms with Crippen LogP contribution in [0.5, 0.6) is 0 Å². The molecule has 3 aromatic carbocycles. The van der Waals surface area contributed by atoms with Gasteiger partial charge in [0.05, 0.1) is 29.9 Å². The standard InChI is InChI=1S/C44H43F3N8O5S2/c45-44(46,47)36-26-33(15-16-37(36)48-31(18-20-53-22-24-60-25-23-53)29-61-32-9-2-1-3-10-32)62(58,59)52-43(57)38-12-7-14-40(49-38)55-21-17-30-8-6-11-34(35(30)27-55)42(56)51-39-28-54-19-5-4-13-41(54)50-39/h1-16,19,26,28,31,48H,17-18,20-25,27,29H2,(H,51,56)(H,52,57)/t31-/m1/s1. The Morgan fingerprint density at radius 2 is 1.66 bits per heavy atom. The van der Waals surface area contributed by atoms with Crippen LogP contribution >= 0.6 is 11.8 Å². The molecule has 0 unspecified atom stereocenters. The number of alkyl halides is 3. The van der Waals surface area contributed by atoms with Gasteiger partial charge in [-0.25, -0.2) is 23.1 Å². The molecule has 3 aromatic heterocycles. The number of nitrogens with zero attached hydrogens (tertiary/aromatic N) is 5. The van der Waals surface area contributed by atoms with Crippen LogP contribution in [0.15, 0.2) is 125 Å². The number of benzene rings is 3. The maximum atomic E-state index is 14.7. The highest BCUT2D eigenvalue weighted by atomic mass is 32.2. The largest absolute Gasteiger partial charge is 0.418 e. The lowest BCUT2D eigenvalue weighted by Gasteiger charge is -2.31. The van der Waals surface area contributed by atoms with Crippen LogP contribution in [0.3, 0.4) is 0 Å². The van der Waals surface area contributed by atoms with Gasteiger partial charge < -0.3 is 24.7 Å². The minimum absolute atomic E-state index is 0.261. The Morgan fingerprint density at radius 1 is 0.871 bits per heavy atom. The van der Waals surface area contributed by atoms with E-state index in [0.717, 1.165) is 41.2 Å². The van der Waals surface area contributed by atoms with Crippen molar-refractivity contribution in [3.63, 3.8) is 0 Å². The summed E-state index contributed by atoms with van der Waals surface area (Å²) < 4.78 is 80.2. The van der Waals surface area contributed by atoms with Gasteiger partial charge in [0.1, 0.15) is 17.2 Å². The van der Waals surface area contributed by atoms with Crippen molar-refractivity contribution in [2.24, 2.45) is 0 Å². The van der Waals surface area contributed by atoms with Crippen LogP contribution in [-0.4, -0.2) is 90.7 Å². The fourth-order valence-corrected chi connectivity index (χ4v) is 9.45. The molecule has 5 heterocycles. The molecular formula is C44H43F3N8O5S2. The lowest BCUT2D eigenvalue weighted by molar-refractivity contribution is -0.137. The number of thioether (sulfide) groups is 1. The number of carbonyl (C=O) groups excluding carboxylic acids is 2. The molecule has 0 spiro atoms. The third kappa shape index (κ3) is 10.2. The number of morpholine rings is 1. The summed E-state index contributed by atoms with van der Waals surface area (Å²) in [5.41, 5.74) is 1.15. The fraction of sp³-hybridized carbons (Fsp3) is 0.273. The number of anilines is 3. The average molecular weight is 885 g/mol. The SMILES string of the molecule is O=C(NS(=O)(=O)c1ccc(N[C@H](CCN2CCOCC2)CSc2ccccc2)c(C(F)(F)F)c1)c1cccc(N2CCc3cccc(C(=O)Nc4cn5ccccc5n4)c3C2)n1. The molecule has 13 nitrogen and oxygen atoms in total. The first-order valence-corrected chi connectivity index (χ1v) is 22.5. The molecule has 8 rings (SSSR count). The zero-order valence-electron chi connectivity index (χ0n) is 33.3. The molecule has 1 atom stereocenters. The van der Waals surface area contributed by atoms with Gasteiger partial charge in [0, 0.05) is 66.9 Å². The number of carbonyl (C=O) groups is 2. The van der Waals surface area contributed by atoms with E-state index in [1.54, 1.807) is 22.7 Å². The third-order valence-corrected chi connectivity index (χ3v) is 13.2. The number of halogens is 3. The minimum atomic E-state index is -4.92. The lowest BCUT2D eigenvalue weighted by atomic mass is 9.94. The molecule has 322 valence electrons. The van der Waals surface area contributed by atoms with E-state index >= 15 is 0 Å². The molecule has 6 aromatic rings. The number of amides is 2. The summed E-state index contributed by atoms with van der Waals surface area (Å²) in [6, 6.07) is 27.3. The Bertz CT molecular complexity index is 2640. The predicted octanol–water partition coefficient (Wildman–Crippen LogP) is 6.98. The number of hydrogen-bond acceptors (Lipinski definition) is 11. The van der Waals surface area contributed by atoms with Crippen LogP contribution in [0.2, 0.25) is 0 Å². The van der Waals surface area contributed by atoms with Crippen molar-refractivity contribution in [1.82, 2.24) is 24.0 Å². The summed E-state index contributed by atoms with van der Waals surface area (Å²) >= 11 is 1.51. The first-order chi connectivity index (χ1) is 29.9. The Labute approximate surface area is 360 Å². The van der Waals surface area contributed by atoms with Crippen LogP contribution in [0.25, 0.3) is 5.65 Å². The summed E-state index contributed by atoms with van der Waals surface area (Å²) in [5, 5.41) is 5.93. The Balaban J connectivity index is 0.963. The average Bonchev–Trinajstić information content (AvgIpc) is 3.69. The molecule has 1 saturated heterocycles. The summed E-state index contributed by atoms with van der Waals surface area (Å²) in [6.45, 7) is 4.02. The van der Waals surface area contributed by atoms with Crippen molar-refractivity contribution in [3.05, 3.63) is 143 Å². The van der Waals surface area contributed by atoms with Gasteiger partial charge in [-0.05, 0) is 84.6 Å². The number of aromatic nitrogens is 3. The van der Waals surface area contributed by atoms with E-state index in [-0.39, 0.29) is 23.8 Å². The Kier molecular flexibility index (Phi) is 12.8. The van der Waals surface area contributed by atoms with Gasteiger partial charge in [0.15, 0.2) is 5.82 Å². The van der Waals surface area contributed by atoms with E-state index in [2.05, 4.69) is 25.5 Å². The van der Waals surface area contributed by atoms with Crippen molar-refractivity contribution in [1.29, 1.82) is 0 Å². The molecular weight excluding hydrogens is 842 g/mol. The number of rotatable bonds is 14. The van der Waals surface area contributed by atoms with E-state index in [1.807, 2.05) is 76.5 Å². The molecule has 0 saturated carbocycles. The Morgan fingerprint density at radius 3 is 2.45 bits per heavy atom. The van der Waals surface area contributed by atoms with E-state index < -0.39 is 38.6 Å². The smallest absolute Gasteiger partial charge is 0.381 e. The van der Waals surface area contributed by atoms with Gasteiger partial charge in [-0.1, -0.05) is 42.5 Å². The number of imidazole rings is 1. The van der Waals surface area contributed by atoms with Gasteiger partial charge in [-0.3, -0.25) is 14.5 Å². The van der Waals surface area contributed by atoms with Gasteiger partial charge in [0.25, 0.3) is 21.8 Å². The summed E-state index contributed by atoms with van der Waals surface area (Å²) in [4.78, 5) is 40.2. The van der Waals surface area contributed by atoms with Crippen LogP contribution in [-0.2, 0) is 33.9 Å². The molecule has 18 heteroatoms. The molecule has 0 bridgehead atoms. The monoisotopic (exact) mass is 884 g/mol. The van der Waals surface area contributed by atoms with Crippen molar-refractivity contribution < 1.29 is 35.9 Å². The first kappa shape index (κ1) is 42.7. The quantitative estimate of drug-likeness (QED) is 0.0974. The van der Waals surface area contributed by atoms with E-state index in [0.29, 0.717) is 73.8 Å². The molecule has 2 aliphatic heterocycles. The van der Waals surface area contributed by atoms with Crippen LogP contribution in [0, 0.1) is 0 Å². The number of hydrogen-bond donors (Lipinski definition) is 3. The summed E-state index contributed by atoms with van der Waals surface area (Å²) in [5.74, 6) is -0.269. The van der Waals surface area contributed by atoms with Gasteiger partial charge in [0.2, 0.25) is 0 Å². The van der Waals surface area contributed by atoms with Crippen molar-refractivity contribution in [2.45, 2.75) is 41.4 Å². The van der Waals surface area contributed by atoms with Gasteiger partial charge >= 0.3 is 6.18 Å². The highest BCUT2D eigenvalue weighted by Gasteiger charge is 2.36. The van der Waals surface area contributed by atoms with E-state index in [1.165, 1.54) is 23.9 Å². The predicted molar refractivity (Wildman–Crippen MR) is 231 cm³/mol. The fourth-order valence-electron chi connectivity index (χ4n) is 7.47. The van der Waals surface area contributed by atoms with E-state index in [9.17, 15) is 31.2 Å². The number of ether oxygens (including phenoxy) is 1. The highest BCUT2D eigenvalue weighted by molar-refractivity contribution is 7.99. The second-order valence-electron chi connectivity index (χ2n) is 14.9. The second-order valence-corrected chi connectivity index (χ2v) is 17.7. The zero-order chi connectivity index (χ0) is 43.3. The van der Waals surface area contributed by atoms with Crippen LogP contribution in [0.4, 0.5) is 30.5 Å². The molecule has 0 radical (unpaired) electrons. The highest BCUT2D eigenvalue weighted by Crippen LogP contribution is 2.37. The molecule has 2 amide bonds. The minimum Gasteiger partial charge on any atom is -0.381 e. The lowest BCUT2D eigenvalue weighted by Crippen LogP contribution is -2.39. The second kappa shape index (κ2) is 18.6. The number of sulfonamides is 1. The maximum absolute atomic E-state index is 14.7.